The zero-order valence-electron chi connectivity index (χ0n) is 11.0. The molecule has 4 N–H and O–H groups in total. The third-order valence-electron chi connectivity index (χ3n) is 3.26. The number of nitrogens with two attached hydrogens (primary N) is 2. The van der Waals surface area contributed by atoms with E-state index in [0.717, 1.165) is 12.1 Å². The Morgan fingerprint density at radius 2 is 1.83 bits per heavy atom. The molecule has 18 heavy (non-hydrogen) atoms. The maximum Gasteiger partial charge on any atom is 0.220 e. The van der Waals surface area contributed by atoms with Gasteiger partial charge in [0.05, 0.1) is 0 Å². The number of aryl methyl sites for hydroxylation is 1. The molecule has 1 aliphatic heterocycles. The molecule has 5 nitrogen and oxygen atoms in total. The minimum atomic E-state index is -0.481. The molecule has 1 atom stereocenters. The van der Waals surface area contributed by atoms with Gasteiger partial charge in [0, 0.05) is 5.69 Å². The molecule has 0 spiro atoms. The summed E-state index contributed by atoms with van der Waals surface area (Å²) in [7, 11) is 0. The van der Waals surface area contributed by atoms with Crippen molar-refractivity contribution in [3.8, 4) is 0 Å². The van der Waals surface area contributed by atoms with E-state index in [0.29, 0.717) is 5.96 Å². The van der Waals surface area contributed by atoms with Crippen LogP contribution in [0, 0.1) is 6.92 Å². The molecule has 1 aromatic rings. The lowest BCUT2D eigenvalue weighted by Gasteiger charge is -2.40. The maximum absolute atomic E-state index is 6.01. The third kappa shape index (κ3) is 2.03. The molecule has 0 aliphatic carbocycles. The van der Waals surface area contributed by atoms with Gasteiger partial charge in [-0.15, -0.1) is 0 Å². The van der Waals surface area contributed by atoms with E-state index in [-0.39, 0.29) is 5.96 Å². The summed E-state index contributed by atoms with van der Waals surface area (Å²) < 4.78 is 0. The molecule has 0 saturated carbocycles. The van der Waals surface area contributed by atoms with Gasteiger partial charge in [0.1, 0.15) is 5.66 Å². The monoisotopic (exact) mass is 245 g/mol. The summed E-state index contributed by atoms with van der Waals surface area (Å²) >= 11 is 0. The maximum atomic E-state index is 6.01. The van der Waals surface area contributed by atoms with Gasteiger partial charge in [-0.25, -0.2) is 4.99 Å². The van der Waals surface area contributed by atoms with Crippen LogP contribution in [0.3, 0.4) is 0 Å². The molecule has 2 rings (SSSR count). The van der Waals surface area contributed by atoms with Crippen molar-refractivity contribution in [2.75, 3.05) is 4.90 Å². The molecule has 1 aromatic carbocycles. The molecule has 0 bridgehead atoms. The van der Waals surface area contributed by atoms with Gasteiger partial charge >= 0.3 is 0 Å². The number of guanidine groups is 2. The standard InChI is InChI=1S/C13H19N5/c1-4-13(3)17-11(14)16-12(15)18(13)10-7-5-9(2)6-8-10/h5-8H,4H2,1-3H3,(H4,14,15,16,17)/t13-/m1/s1. The lowest BCUT2D eigenvalue weighted by Crippen LogP contribution is -2.55. The summed E-state index contributed by atoms with van der Waals surface area (Å²) in [4.78, 5) is 10.4. The van der Waals surface area contributed by atoms with E-state index >= 15 is 0 Å². The first-order valence-corrected chi connectivity index (χ1v) is 6.02. The first kappa shape index (κ1) is 12.4. The predicted molar refractivity (Wildman–Crippen MR) is 75.6 cm³/mol. The van der Waals surface area contributed by atoms with Crippen LogP contribution in [0.5, 0.6) is 0 Å². The van der Waals surface area contributed by atoms with Crippen molar-refractivity contribution in [1.29, 1.82) is 0 Å². The topological polar surface area (TPSA) is 80.0 Å². The molecule has 0 saturated heterocycles. The molecular formula is C13H19N5. The number of nitrogens with zero attached hydrogens (tertiary/aromatic N) is 3. The van der Waals surface area contributed by atoms with E-state index in [4.69, 9.17) is 11.5 Å². The first-order chi connectivity index (χ1) is 8.46. The average molecular weight is 245 g/mol. The molecule has 0 aromatic heterocycles. The van der Waals surface area contributed by atoms with Crippen LogP contribution >= 0.6 is 0 Å². The van der Waals surface area contributed by atoms with Crippen LogP contribution in [0.25, 0.3) is 0 Å². The Balaban J connectivity index is 2.48. The SMILES string of the molecule is CC[C@]1(C)N=C(N)N=C(N)N1c1ccc(C)cc1. The number of hydrogen-bond acceptors (Lipinski definition) is 5. The Kier molecular flexibility index (Phi) is 2.98. The van der Waals surface area contributed by atoms with E-state index in [1.807, 2.05) is 43.0 Å². The fourth-order valence-electron chi connectivity index (χ4n) is 2.08. The summed E-state index contributed by atoms with van der Waals surface area (Å²) in [6.07, 6.45) is 0.789. The molecule has 0 fully saturated rings. The van der Waals surface area contributed by atoms with Gasteiger partial charge in [0.15, 0.2) is 0 Å². The highest BCUT2D eigenvalue weighted by atomic mass is 15.4. The molecule has 0 unspecified atom stereocenters. The Hall–Kier alpha value is -2.04. The summed E-state index contributed by atoms with van der Waals surface area (Å²) in [6, 6.07) is 8.12. The quantitative estimate of drug-likeness (QED) is 0.830. The first-order valence-electron chi connectivity index (χ1n) is 6.02. The second kappa shape index (κ2) is 4.33. The van der Waals surface area contributed by atoms with Crippen LogP contribution in [0.1, 0.15) is 25.8 Å². The zero-order chi connectivity index (χ0) is 13.3. The van der Waals surface area contributed by atoms with Crippen LogP contribution in [0.2, 0.25) is 0 Å². The van der Waals surface area contributed by atoms with Crippen LogP contribution in [0.15, 0.2) is 34.3 Å². The molecule has 0 radical (unpaired) electrons. The molecule has 0 amide bonds. The highest BCUT2D eigenvalue weighted by Crippen LogP contribution is 2.30. The second-order valence-corrected chi connectivity index (χ2v) is 4.68. The van der Waals surface area contributed by atoms with Crippen molar-refractivity contribution in [2.24, 2.45) is 21.5 Å². The van der Waals surface area contributed by atoms with E-state index in [9.17, 15) is 0 Å². The number of benzene rings is 1. The van der Waals surface area contributed by atoms with Crippen molar-refractivity contribution < 1.29 is 0 Å². The minimum absolute atomic E-state index is 0.236. The fraction of sp³-hybridized carbons (Fsp3) is 0.385. The van der Waals surface area contributed by atoms with Crippen molar-refractivity contribution >= 4 is 17.6 Å². The largest absolute Gasteiger partial charge is 0.369 e. The third-order valence-corrected chi connectivity index (χ3v) is 3.26. The zero-order valence-corrected chi connectivity index (χ0v) is 11.0. The highest BCUT2D eigenvalue weighted by Gasteiger charge is 2.35. The molecule has 1 heterocycles. The van der Waals surface area contributed by atoms with E-state index in [2.05, 4.69) is 16.9 Å². The highest BCUT2D eigenvalue weighted by molar-refractivity contribution is 6.05. The van der Waals surface area contributed by atoms with Gasteiger partial charge < -0.3 is 11.5 Å². The Bertz CT molecular complexity index is 503. The number of aliphatic imine (C=N–C) groups is 2. The summed E-state index contributed by atoms with van der Waals surface area (Å²) in [5.41, 5.74) is 13.4. The Labute approximate surface area is 107 Å². The average Bonchev–Trinajstić information content (AvgIpc) is 2.30. The molecule has 1 aliphatic rings. The summed E-state index contributed by atoms with van der Waals surface area (Å²) in [5, 5.41) is 0. The minimum Gasteiger partial charge on any atom is -0.369 e. The van der Waals surface area contributed by atoms with Crippen LogP contribution in [0.4, 0.5) is 5.69 Å². The van der Waals surface area contributed by atoms with Gasteiger partial charge in [-0.3, -0.25) is 4.90 Å². The van der Waals surface area contributed by atoms with E-state index in [1.165, 1.54) is 5.56 Å². The number of rotatable bonds is 2. The predicted octanol–water partition coefficient (Wildman–Crippen LogP) is 1.57. The fourth-order valence-corrected chi connectivity index (χ4v) is 2.08. The molecular weight excluding hydrogens is 226 g/mol. The van der Waals surface area contributed by atoms with Gasteiger partial charge in [-0.05, 0) is 32.4 Å². The van der Waals surface area contributed by atoms with Crippen LogP contribution in [-0.2, 0) is 0 Å². The van der Waals surface area contributed by atoms with Crippen molar-refractivity contribution in [2.45, 2.75) is 32.9 Å². The summed E-state index contributed by atoms with van der Waals surface area (Å²) in [5.74, 6) is 0.621. The number of hydrogen-bond donors (Lipinski definition) is 2. The summed E-state index contributed by atoms with van der Waals surface area (Å²) in [6.45, 7) is 6.10. The van der Waals surface area contributed by atoms with Gasteiger partial charge in [0.2, 0.25) is 11.9 Å². The Morgan fingerprint density at radius 1 is 1.22 bits per heavy atom. The van der Waals surface area contributed by atoms with Gasteiger partial charge in [-0.1, -0.05) is 24.6 Å². The van der Waals surface area contributed by atoms with Crippen LogP contribution in [-0.4, -0.2) is 17.6 Å². The van der Waals surface area contributed by atoms with Gasteiger partial charge in [-0.2, -0.15) is 4.99 Å². The Morgan fingerprint density at radius 3 is 2.39 bits per heavy atom. The smallest absolute Gasteiger partial charge is 0.220 e. The van der Waals surface area contributed by atoms with Crippen LogP contribution < -0.4 is 16.4 Å². The number of anilines is 1. The molecule has 96 valence electrons. The normalized spacial score (nSPS) is 23.6. The van der Waals surface area contributed by atoms with Crippen molar-refractivity contribution in [3.05, 3.63) is 29.8 Å². The van der Waals surface area contributed by atoms with Gasteiger partial charge in [0.25, 0.3) is 0 Å². The van der Waals surface area contributed by atoms with Crippen molar-refractivity contribution in [3.63, 3.8) is 0 Å². The molecule has 5 heteroatoms. The lowest BCUT2D eigenvalue weighted by atomic mass is 10.1. The van der Waals surface area contributed by atoms with E-state index in [1.54, 1.807) is 0 Å². The van der Waals surface area contributed by atoms with E-state index < -0.39 is 5.66 Å². The second-order valence-electron chi connectivity index (χ2n) is 4.68. The van der Waals surface area contributed by atoms with Crippen molar-refractivity contribution in [1.82, 2.24) is 0 Å². The lowest BCUT2D eigenvalue weighted by molar-refractivity contribution is 0.466.